The molecule has 0 fully saturated rings. The summed E-state index contributed by atoms with van der Waals surface area (Å²) in [5.74, 6) is -0.269. The minimum Gasteiger partial charge on any atom is -0.429 e. The van der Waals surface area contributed by atoms with Crippen LogP contribution in [0.25, 0.3) is 11.1 Å². The Morgan fingerprint density at radius 3 is 2.48 bits per heavy atom. The molecule has 2 aromatic carbocycles. The molecule has 1 atom stereocenters. The zero-order chi connectivity index (χ0) is 19.8. The number of nitrogens with one attached hydrogen (secondary N) is 1. The zero-order valence-corrected chi connectivity index (χ0v) is 16.9. The van der Waals surface area contributed by atoms with Crippen molar-refractivity contribution in [1.82, 2.24) is 8.87 Å². The van der Waals surface area contributed by atoms with E-state index in [4.69, 9.17) is 16.6 Å². The number of oxazole rings is 1. The van der Waals surface area contributed by atoms with Crippen molar-refractivity contribution in [1.29, 1.82) is 0 Å². The van der Waals surface area contributed by atoms with E-state index in [9.17, 15) is 12.8 Å². The molecular formula is C18H21FN3O3S2+. The number of hydrogen-bond donors (Lipinski definition) is 1. The molecule has 0 aliphatic rings. The first kappa shape index (κ1) is 19.7. The average Bonchev–Trinajstić information content (AvgIpc) is 2.91. The molecular weight excluding hydrogens is 389 g/mol. The second-order valence-electron chi connectivity index (χ2n) is 6.63. The second kappa shape index (κ2) is 7.51. The number of fused-ring (bicyclic) bond motifs is 1. The summed E-state index contributed by atoms with van der Waals surface area (Å²) in [6.45, 7) is 1.14. The molecule has 1 aromatic heterocycles. The molecule has 0 radical (unpaired) electrons. The molecule has 0 aliphatic carbocycles. The van der Waals surface area contributed by atoms with Gasteiger partial charge in [-0.3, -0.25) is 4.57 Å². The lowest BCUT2D eigenvalue weighted by atomic mass is 10.2. The van der Waals surface area contributed by atoms with Crippen LogP contribution in [0.2, 0.25) is 0 Å². The maximum atomic E-state index is 13.1. The molecule has 0 saturated carbocycles. The zero-order valence-electron chi connectivity index (χ0n) is 15.3. The van der Waals surface area contributed by atoms with E-state index in [2.05, 4.69) is 0 Å². The van der Waals surface area contributed by atoms with Crippen molar-refractivity contribution < 1.29 is 22.1 Å². The summed E-state index contributed by atoms with van der Waals surface area (Å²) in [5, 5.41) is 0. The first-order valence-electron chi connectivity index (χ1n) is 8.30. The summed E-state index contributed by atoms with van der Waals surface area (Å²) in [4.78, 5) is 1.55. The van der Waals surface area contributed by atoms with Crippen molar-refractivity contribution in [3.05, 3.63) is 58.7 Å². The summed E-state index contributed by atoms with van der Waals surface area (Å²) in [6, 6.07) is 11.1. The lowest BCUT2D eigenvalue weighted by molar-refractivity contribution is -0.916. The quantitative estimate of drug-likeness (QED) is 0.632. The third-order valence-electron chi connectivity index (χ3n) is 4.26. The maximum Gasteiger partial charge on any atom is 0.274 e. The van der Waals surface area contributed by atoms with Crippen LogP contribution in [0.15, 0.2) is 51.8 Å². The molecule has 144 valence electrons. The Bertz CT molecular complexity index is 1120. The average molecular weight is 411 g/mol. The Morgan fingerprint density at radius 2 is 1.85 bits per heavy atom. The van der Waals surface area contributed by atoms with E-state index < -0.39 is 10.0 Å². The van der Waals surface area contributed by atoms with E-state index in [1.807, 2.05) is 7.05 Å². The number of sulfonamides is 1. The summed E-state index contributed by atoms with van der Waals surface area (Å²) in [7, 11) is 1.40. The Labute approximate surface area is 162 Å². The molecule has 0 aliphatic heterocycles. The van der Waals surface area contributed by atoms with Crippen molar-refractivity contribution in [3.8, 4) is 0 Å². The van der Waals surface area contributed by atoms with Crippen molar-refractivity contribution in [2.45, 2.75) is 18.1 Å². The van der Waals surface area contributed by atoms with Crippen LogP contribution < -0.4 is 4.90 Å². The highest BCUT2D eigenvalue weighted by molar-refractivity contribution is 7.89. The topological polar surface area (TPSA) is 59.9 Å². The highest BCUT2D eigenvalue weighted by Gasteiger charge is 2.20. The smallest absolute Gasteiger partial charge is 0.274 e. The molecule has 3 aromatic rings. The van der Waals surface area contributed by atoms with Crippen molar-refractivity contribution >= 4 is 33.3 Å². The summed E-state index contributed by atoms with van der Waals surface area (Å²) in [6.07, 6.45) is 0. The number of hydrogen-bond acceptors (Lipinski definition) is 4. The number of rotatable bonds is 6. The van der Waals surface area contributed by atoms with Crippen LogP contribution in [-0.4, -0.2) is 38.4 Å². The fourth-order valence-electron chi connectivity index (χ4n) is 2.84. The lowest BCUT2D eigenvalue weighted by Gasteiger charge is -2.15. The van der Waals surface area contributed by atoms with Gasteiger partial charge in [-0.15, -0.1) is 0 Å². The van der Waals surface area contributed by atoms with Crippen LogP contribution in [0.3, 0.4) is 0 Å². The van der Waals surface area contributed by atoms with Gasteiger partial charge < -0.3 is 9.32 Å². The fourth-order valence-corrected chi connectivity index (χ4v) is 4.01. The van der Waals surface area contributed by atoms with Gasteiger partial charge in [0, 0.05) is 19.7 Å². The van der Waals surface area contributed by atoms with Crippen LogP contribution in [0, 0.1) is 10.7 Å². The minimum absolute atomic E-state index is 0.181. The Hall–Kier alpha value is -2.07. The van der Waals surface area contributed by atoms with Gasteiger partial charge in [-0.25, -0.2) is 17.1 Å². The summed E-state index contributed by atoms with van der Waals surface area (Å²) in [5.41, 5.74) is 2.15. The van der Waals surface area contributed by atoms with Crippen molar-refractivity contribution in [2.24, 2.45) is 0 Å². The van der Waals surface area contributed by atoms with Gasteiger partial charge in [0.1, 0.15) is 12.4 Å². The highest BCUT2D eigenvalue weighted by atomic mass is 32.2. The summed E-state index contributed by atoms with van der Waals surface area (Å²) < 4.78 is 46.4. The molecule has 0 bridgehead atoms. The van der Waals surface area contributed by atoms with E-state index in [1.165, 1.54) is 36.6 Å². The Balaban J connectivity index is 1.92. The molecule has 9 heteroatoms. The fraction of sp³-hybridized carbons (Fsp3) is 0.278. The third-order valence-corrected chi connectivity index (χ3v) is 6.38. The molecule has 1 unspecified atom stereocenters. The van der Waals surface area contributed by atoms with Gasteiger partial charge in [0.15, 0.2) is 12.3 Å². The van der Waals surface area contributed by atoms with Crippen LogP contribution in [0.1, 0.15) is 5.56 Å². The molecule has 1 heterocycles. The molecule has 27 heavy (non-hydrogen) atoms. The molecule has 0 saturated heterocycles. The lowest BCUT2D eigenvalue weighted by Crippen LogP contribution is -3.06. The Morgan fingerprint density at radius 1 is 1.19 bits per heavy atom. The van der Waals surface area contributed by atoms with E-state index in [-0.39, 0.29) is 15.6 Å². The first-order chi connectivity index (χ1) is 12.7. The number of quaternary nitrogens is 1. The normalized spacial score (nSPS) is 13.4. The highest BCUT2D eigenvalue weighted by Crippen LogP contribution is 2.22. The van der Waals surface area contributed by atoms with Crippen molar-refractivity contribution in [3.63, 3.8) is 0 Å². The van der Waals surface area contributed by atoms with E-state index in [0.29, 0.717) is 24.3 Å². The Kier molecular flexibility index (Phi) is 5.48. The molecule has 0 spiro atoms. The van der Waals surface area contributed by atoms with E-state index >= 15 is 0 Å². The van der Waals surface area contributed by atoms with E-state index in [0.717, 1.165) is 10.5 Å². The van der Waals surface area contributed by atoms with Gasteiger partial charge in [0.2, 0.25) is 10.0 Å². The molecule has 3 rings (SSSR count). The molecule has 0 amide bonds. The van der Waals surface area contributed by atoms with Crippen LogP contribution in [-0.2, 0) is 23.2 Å². The van der Waals surface area contributed by atoms with Gasteiger partial charge in [-0.05, 0) is 42.5 Å². The number of aromatic nitrogens is 1. The summed E-state index contributed by atoms with van der Waals surface area (Å²) >= 11 is 5.31. The van der Waals surface area contributed by atoms with Gasteiger partial charge in [0.25, 0.3) is 4.84 Å². The molecule has 6 nitrogen and oxygen atoms in total. The minimum atomic E-state index is -3.55. The number of nitrogens with zero attached hydrogens (tertiary/aromatic N) is 2. The number of halogens is 1. The van der Waals surface area contributed by atoms with Gasteiger partial charge in [0.05, 0.1) is 17.5 Å². The monoisotopic (exact) mass is 410 g/mol. The van der Waals surface area contributed by atoms with Crippen LogP contribution >= 0.6 is 12.2 Å². The second-order valence-corrected chi connectivity index (χ2v) is 9.13. The number of benzene rings is 2. The SMILES string of the molecule is CN(C)S(=O)(=O)c1ccc2oc(=S)n(C[NH+](C)Cc3ccc(F)cc3)c2c1. The standard InChI is InChI=1S/C18H20FN3O3S2/c1-20(2)27(23,24)15-8-9-17-16(10-15)22(18(26)25-17)12-21(3)11-13-4-6-14(19)7-5-13/h4-10H,11-12H2,1-3H3/p+1. The van der Waals surface area contributed by atoms with Crippen molar-refractivity contribution in [2.75, 3.05) is 21.1 Å². The van der Waals surface area contributed by atoms with Gasteiger partial charge in [-0.2, -0.15) is 0 Å². The van der Waals surface area contributed by atoms with Crippen LogP contribution in [0.4, 0.5) is 4.39 Å². The van der Waals surface area contributed by atoms with Crippen LogP contribution in [0.5, 0.6) is 0 Å². The van der Waals surface area contributed by atoms with Gasteiger partial charge in [-0.1, -0.05) is 12.1 Å². The van der Waals surface area contributed by atoms with E-state index in [1.54, 1.807) is 28.8 Å². The third kappa shape index (κ3) is 4.11. The maximum absolute atomic E-state index is 13.1. The predicted molar refractivity (Wildman–Crippen MR) is 103 cm³/mol. The largest absolute Gasteiger partial charge is 0.429 e. The molecule has 1 N–H and O–H groups in total. The van der Waals surface area contributed by atoms with Gasteiger partial charge >= 0.3 is 0 Å². The first-order valence-corrected chi connectivity index (χ1v) is 10.1. The predicted octanol–water partition coefficient (Wildman–Crippen LogP) is 2.03.